The lowest BCUT2D eigenvalue weighted by atomic mass is 9.92. The first-order valence-corrected chi connectivity index (χ1v) is 7.69. The zero-order chi connectivity index (χ0) is 15.0. The lowest BCUT2D eigenvalue weighted by Crippen LogP contribution is -2.31. The first-order valence-electron chi connectivity index (χ1n) is 7.69. The molecule has 0 spiro atoms. The van der Waals surface area contributed by atoms with E-state index in [1.54, 1.807) is 0 Å². The monoisotopic (exact) mass is 279 g/mol. The molecule has 3 rings (SSSR count). The number of imidazole rings is 1. The van der Waals surface area contributed by atoms with Gasteiger partial charge in [-0.3, -0.25) is 0 Å². The summed E-state index contributed by atoms with van der Waals surface area (Å²) in [6, 6.07) is 13.0. The highest BCUT2D eigenvalue weighted by Gasteiger charge is 2.20. The van der Waals surface area contributed by atoms with Crippen molar-refractivity contribution in [1.82, 2.24) is 4.40 Å². The molecule has 0 aliphatic heterocycles. The van der Waals surface area contributed by atoms with Gasteiger partial charge in [0.1, 0.15) is 11.9 Å². The van der Waals surface area contributed by atoms with Gasteiger partial charge < -0.3 is 0 Å². The van der Waals surface area contributed by atoms with Gasteiger partial charge in [-0.1, -0.05) is 52.0 Å². The van der Waals surface area contributed by atoms with Crippen molar-refractivity contribution in [2.75, 3.05) is 0 Å². The highest BCUT2D eigenvalue weighted by Crippen LogP contribution is 2.27. The number of hydrogen-bond donors (Lipinski definition) is 0. The van der Waals surface area contributed by atoms with Gasteiger partial charge >= 0.3 is 0 Å². The van der Waals surface area contributed by atoms with Crippen molar-refractivity contribution in [2.24, 2.45) is 0 Å². The van der Waals surface area contributed by atoms with E-state index < -0.39 is 0 Å². The molecule has 0 saturated carbocycles. The summed E-state index contributed by atoms with van der Waals surface area (Å²) < 4.78 is 4.45. The Labute approximate surface area is 126 Å². The van der Waals surface area contributed by atoms with Gasteiger partial charge in [-0.15, -0.1) is 0 Å². The molecule has 3 aromatic rings. The van der Waals surface area contributed by atoms with Gasteiger partial charge in [0.15, 0.2) is 5.52 Å². The van der Waals surface area contributed by atoms with Gasteiger partial charge in [0.2, 0.25) is 0 Å². The minimum absolute atomic E-state index is 0.509. The molecular weight excluding hydrogens is 256 g/mol. The van der Waals surface area contributed by atoms with Crippen LogP contribution >= 0.6 is 0 Å². The van der Waals surface area contributed by atoms with Gasteiger partial charge in [-0.2, -0.15) is 0 Å². The van der Waals surface area contributed by atoms with Crippen LogP contribution in [-0.4, -0.2) is 4.40 Å². The number of hydrogen-bond acceptors (Lipinski definition) is 0. The molecule has 0 atom stereocenters. The first-order chi connectivity index (χ1) is 10.1. The molecule has 0 aliphatic carbocycles. The average Bonchev–Trinajstić information content (AvgIpc) is 2.89. The van der Waals surface area contributed by atoms with E-state index in [1.807, 2.05) is 0 Å². The van der Waals surface area contributed by atoms with Gasteiger partial charge in [0.05, 0.1) is 6.20 Å². The second-order valence-corrected chi connectivity index (χ2v) is 6.28. The predicted octanol–water partition coefficient (Wildman–Crippen LogP) is 4.46. The molecule has 0 unspecified atom stereocenters. The Morgan fingerprint density at radius 3 is 2.10 bits per heavy atom. The van der Waals surface area contributed by atoms with Gasteiger partial charge in [-0.05, 0) is 24.0 Å². The molecule has 0 amide bonds. The van der Waals surface area contributed by atoms with Crippen molar-refractivity contribution in [3.63, 3.8) is 0 Å². The SMILES string of the molecule is CC(C)c1cccc(C(C)C)c1-[n+]1cc2ccccn2c1. The summed E-state index contributed by atoms with van der Waals surface area (Å²) in [5.74, 6) is 1.02. The summed E-state index contributed by atoms with van der Waals surface area (Å²) in [5.41, 5.74) is 5.36. The van der Waals surface area contributed by atoms with Crippen molar-refractivity contribution < 1.29 is 4.57 Å². The summed E-state index contributed by atoms with van der Waals surface area (Å²) in [6.45, 7) is 9.05. The Hall–Kier alpha value is -2.09. The minimum Gasteiger partial charge on any atom is -0.202 e. The Bertz CT molecular complexity index is 707. The van der Waals surface area contributed by atoms with Crippen LogP contribution < -0.4 is 4.57 Å². The molecule has 0 saturated heterocycles. The number of fused-ring (bicyclic) bond motifs is 1. The number of pyridine rings is 1. The predicted molar refractivity (Wildman–Crippen MR) is 87.1 cm³/mol. The minimum atomic E-state index is 0.509. The molecule has 0 fully saturated rings. The molecule has 21 heavy (non-hydrogen) atoms. The van der Waals surface area contributed by atoms with Crippen LogP contribution in [0, 0.1) is 0 Å². The zero-order valence-corrected chi connectivity index (χ0v) is 13.2. The largest absolute Gasteiger partial charge is 0.254 e. The number of aromatic nitrogens is 2. The molecule has 0 bridgehead atoms. The smallest absolute Gasteiger partial charge is 0.202 e. The fourth-order valence-corrected chi connectivity index (χ4v) is 2.93. The van der Waals surface area contributed by atoms with Gasteiger partial charge in [0, 0.05) is 11.1 Å². The van der Waals surface area contributed by atoms with Crippen molar-refractivity contribution in [3.05, 3.63) is 66.2 Å². The third-order valence-electron chi connectivity index (χ3n) is 4.04. The molecule has 0 radical (unpaired) electrons. The number of nitrogens with zero attached hydrogens (tertiary/aromatic N) is 2. The van der Waals surface area contributed by atoms with E-state index in [0.717, 1.165) is 0 Å². The summed E-state index contributed by atoms with van der Waals surface area (Å²) in [6.07, 6.45) is 6.48. The van der Waals surface area contributed by atoms with Gasteiger partial charge in [0.25, 0.3) is 6.33 Å². The highest BCUT2D eigenvalue weighted by molar-refractivity contribution is 5.47. The Balaban J connectivity index is 2.28. The van der Waals surface area contributed by atoms with E-state index in [-0.39, 0.29) is 0 Å². The molecule has 108 valence electrons. The lowest BCUT2D eigenvalue weighted by Gasteiger charge is -2.16. The number of para-hydroxylation sites is 1. The summed E-state index contributed by atoms with van der Waals surface area (Å²) in [5, 5.41) is 0. The van der Waals surface area contributed by atoms with Crippen molar-refractivity contribution in [1.29, 1.82) is 0 Å². The molecule has 2 heterocycles. The third kappa shape index (κ3) is 2.46. The molecular formula is C19H23N2+. The fraction of sp³-hybridized carbons (Fsp3) is 0.316. The average molecular weight is 279 g/mol. The Morgan fingerprint density at radius 1 is 0.857 bits per heavy atom. The molecule has 1 aromatic carbocycles. The van der Waals surface area contributed by atoms with Crippen LogP contribution in [0.5, 0.6) is 0 Å². The maximum atomic E-state index is 2.28. The van der Waals surface area contributed by atoms with Crippen LogP contribution in [0.3, 0.4) is 0 Å². The lowest BCUT2D eigenvalue weighted by molar-refractivity contribution is -0.595. The van der Waals surface area contributed by atoms with Crippen LogP contribution in [0.25, 0.3) is 11.2 Å². The summed E-state index contributed by atoms with van der Waals surface area (Å²) in [7, 11) is 0. The molecule has 0 aliphatic rings. The van der Waals surface area contributed by atoms with Crippen LogP contribution in [0.2, 0.25) is 0 Å². The zero-order valence-electron chi connectivity index (χ0n) is 13.2. The van der Waals surface area contributed by atoms with Crippen LogP contribution in [-0.2, 0) is 0 Å². The quantitative estimate of drug-likeness (QED) is 0.626. The van der Waals surface area contributed by atoms with E-state index in [2.05, 4.69) is 91.8 Å². The Morgan fingerprint density at radius 2 is 1.52 bits per heavy atom. The second-order valence-electron chi connectivity index (χ2n) is 6.28. The molecule has 0 N–H and O–H groups in total. The number of rotatable bonds is 3. The maximum absolute atomic E-state index is 2.28. The van der Waals surface area contributed by atoms with Crippen molar-refractivity contribution in [2.45, 2.75) is 39.5 Å². The van der Waals surface area contributed by atoms with E-state index in [1.165, 1.54) is 22.3 Å². The van der Waals surface area contributed by atoms with E-state index in [9.17, 15) is 0 Å². The third-order valence-corrected chi connectivity index (χ3v) is 4.04. The molecule has 2 aromatic heterocycles. The van der Waals surface area contributed by atoms with E-state index >= 15 is 0 Å². The van der Waals surface area contributed by atoms with Crippen molar-refractivity contribution in [3.8, 4) is 5.69 Å². The standard InChI is InChI=1S/C19H23N2/c1-14(2)17-9-7-10-18(15(3)4)19(17)21-12-16-8-5-6-11-20(16)13-21/h5-15H,1-4H3/q+1. The van der Waals surface area contributed by atoms with E-state index in [0.29, 0.717) is 11.8 Å². The van der Waals surface area contributed by atoms with E-state index in [4.69, 9.17) is 0 Å². The summed E-state index contributed by atoms with van der Waals surface area (Å²) >= 11 is 0. The summed E-state index contributed by atoms with van der Waals surface area (Å²) in [4.78, 5) is 0. The Kier molecular flexibility index (Phi) is 3.54. The fourth-order valence-electron chi connectivity index (χ4n) is 2.93. The normalized spacial score (nSPS) is 11.7. The topological polar surface area (TPSA) is 8.29 Å². The van der Waals surface area contributed by atoms with Crippen LogP contribution in [0.1, 0.15) is 50.7 Å². The van der Waals surface area contributed by atoms with Gasteiger partial charge in [-0.25, -0.2) is 8.97 Å². The molecule has 2 nitrogen and oxygen atoms in total. The number of benzene rings is 1. The highest BCUT2D eigenvalue weighted by atomic mass is 15.1. The van der Waals surface area contributed by atoms with Crippen LogP contribution in [0.15, 0.2) is 55.1 Å². The molecule has 2 heteroatoms. The van der Waals surface area contributed by atoms with Crippen LogP contribution in [0.4, 0.5) is 0 Å². The second kappa shape index (κ2) is 5.36. The maximum Gasteiger partial charge on any atom is 0.254 e. The first kappa shape index (κ1) is 13.9. The van der Waals surface area contributed by atoms with Crippen molar-refractivity contribution >= 4 is 5.52 Å².